The summed E-state index contributed by atoms with van der Waals surface area (Å²) in [5.41, 5.74) is 4.80. The van der Waals surface area contributed by atoms with Gasteiger partial charge in [0.05, 0.1) is 5.41 Å². The molecular weight excluding hydrogens is 698 g/mol. The summed E-state index contributed by atoms with van der Waals surface area (Å²) in [6.07, 6.45) is -0.493. The van der Waals surface area contributed by atoms with Gasteiger partial charge in [-0.05, 0) is 41.5 Å². The Hall–Kier alpha value is -1.97. The smallest absolute Gasteiger partial charge is 0.388 e. The van der Waals surface area contributed by atoms with Gasteiger partial charge < -0.3 is 9.53 Å². The maximum Gasteiger partial charge on any atom is 0.393 e. The molecule has 0 saturated heterocycles. The molecule has 1 aliphatic rings. The first-order valence-electron chi connectivity index (χ1n) is 16.3. The summed E-state index contributed by atoms with van der Waals surface area (Å²) in [5.74, 6) is 0.167. The Morgan fingerprint density at radius 1 is 0.692 bits per heavy atom. The second-order valence-corrected chi connectivity index (χ2v) is 24.9. The van der Waals surface area contributed by atoms with Crippen LogP contribution in [0.4, 0.5) is 13.2 Å². The number of alkyl halides is 3. The molecule has 0 aliphatic heterocycles. The van der Waals surface area contributed by atoms with Gasteiger partial charge in [-0.3, -0.25) is 0 Å². The number of carbonyl (C=O) groups is 1. The standard InChI is InChI=1S/C15H14.C5H9F3.C5H12.C4H12Si.C3H6O.C3H8.C2H6O2S.C2H6O.4CH4/c1-15(2)13-9-5-3-7-11(13)12-8-4-6-10-14(12)15;1-4(2,3)5(6,7)8;2*1-5(2,3)4;1-3(2)4;1-3-2;1-5(2,3)4;1-3-2;;;;/h3-10H,1-2H3;1-3H3;2*1-4H3;1-2H3;3H2,1-2H3;1-2H3;1-2H3;4*1H4. The van der Waals surface area contributed by atoms with Crippen LogP contribution < -0.4 is 0 Å². The topological polar surface area (TPSA) is 60.4 Å². The van der Waals surface area contributed by atoms with Crippen molar-refractivity contribution in [2.24, 2.45) is 10.8 Å². The lowest BCUT2D eigenvalue weighted by Crippen LogP contribution is -2.28. The van der Waals surface area contributed by atoms with Crippen molar-refractivity contribution in [3.05, 3.63) is 59.7 Å². The quantitative estimate of drug-likeness (QED) is 0.250. The zero-order chi connectivity index (χ0) is 40.0. The molecule has 0 unspecified atom stereocenters. The molecule has 1 aliphatic carbocycles. The lowest BCUT2D eigenvalue weighted by atomic mass is 9.82. The Morgan fingerprint density at radius 2 is 0.827 bits per heavy atom. The summed E-state index contributed by atoms with van der Waals surface area (Å²) < 4.78 is 58.2. The fraction of sp³-hybridized carbons (Fsp3) is 0.698. The van der Waals surface area contributed by atoms with Crippen LogP contribution in [0.1, 0.15) is 137 Å². The van der Waals surface area contributed by atoms with Crippen LogP contribution in [0, 0.1) is 10.8 Å². The van der Waals surface area contributed by atoms with Crippen LogP contribution in [0.25, 0.3) is 11.1 Å². The van der Waals surface area contributed by atoms with Gasteiger partial charge in [0.2, 0.25) is 0 Å². The van der Waals surface area contributed by atoms with Crippen molar-refractivity contribution >= 4 is 23.7 Å². The number of methoxy groups -OCH3 is 1. The van der Waals surface area contributed by atoms with Crippen molar-refractivity contribution in [1.82, 2.24) is 0 Å². The Labute approximate surface area is 326 Å². The first-order valence-corrected chi connectivity index (χ1v) is 22.6. The summed E-state index contributed by atoms with van der Waals surface area (Å²) in [6.45, 7) is 33.4. The zero-order valence-corrected chi connectivity index (χ0v) is 36.3. The highest BCUT2D eigenvalue weighted by molar-refractivity contribution is 7.89. The van der Waals surface area contributed by atoms with Gasteiger partial charge in [0, 0.05) is 40.2 Å². The van der Waals surface area contributed by atoms with E-state index in [9.17, 15) is 26.4 Å². The molecule has 0 aromatic heterocycles. The highest BCUT2D eigenvalue weighted by atomic mass is 32.2. The number of rotatable bonds is 0. The maximum absolute atomic E-state index is 11.6. The third kappa shape index (κ3) is 52.4. The number of benzene rings is 2. The van der Waals surface area contributed by atoms with Gasteiger partial charge in [-0.1, -0.05) is 187 Å². The normalized spacial score (nSPS) is 11.4. The van der Waals surface area contributed by atoms with E-state index in [2.05, 4.69) is 135 Å². The first-order chi connectivity index (χ1) is 21.0. The number of fused-ring (bicyclic) bond motifs is 3. The minimum absolute atomic E-state index is 0. The number of halogens is 3. The monoisotopic (exact) mass is 787 g/mol. The molecule has 2 aromatic carbocycles. The van der Waals surface area contributed by atoms with Crippen LogP contribution >= 0.6 is 0 Å². The van der Waals surface area contributed by atoms with Crippen molar-refractivity contribution in [2.75, 3.05) is 26.7 Å². The molecule has 0 fully saturated rings. The Bertz CT molecular complexity index is 1120. The van der Waals surface area contributed by atoms with Gasteiger partial charge >= 0.3 is 6.18 Å². The van der Waals surface area contributed by atoms with Crippen molar-refractivity contribution in [1.29, 1.82) is 0 Å². The van der Waals surface area contributed by atoms with Gasteiger partial charge in [-0.25, -0.2) is 8.42 Å². The van der Waals surface area contributed by atoms with E-state index in [0.717, 1.165) is 33.3 Å². The van der Waals surface area contributed by atoms with E-state index in [1.807, 2.05) is 0 Å². The van der Waals surface area contributed by atoms with E-state index < -0.39 is 29.5 Å². The molecule has 0 amide bonds. The van der Waals surface area contributed by atoms with Gasteiger partial charge in [-0.2, -0.15) is 13.2 Å². The number of ether oxygens (including phenoxy) is 1. The highest BCUT2D eigenvalue weighted by Gasteiger charge is 2.43. The highest BCUT2D eigenvalue weighted by Crippen LogP contribution is 2.48. The molecule has 0 atom stereocenters. The third-order valence-corrected chi connectivity index (χ3v) is 4.34. The number of sulfone groups is 1. The Kier molecular flexibility index (Phi) is 44.6. The SMILES string of the molecule is C.C.C.C.CC(C)(C)C.CC(C)(C)C(F)(F)F.CC(C)=O.CC1(C)c2ccccc2-c2ccccc21.CCC.COC.CS(C)(=O)=O.C[Si](C)(C)C. The molecule has 3 rings (SSSR count). The van der Waals surface area contributed by atoms with Crippen molar-refractivity contribution < 1.29 is 31.1 Å². The molecule has 0 N–H and O–H groups in total. The van der Waals surface area contributed by atoms with Crippen molar-refractivity contribution in [2.45, 2.75) is 164 Å². The summed E-state index contributed by atoms with van der Waals surface area (Å²) >= 11 is 0. The van der Waals surface area contributed by atoms with Crippen molar-refractivity contribution in [3.8, 4) is 11.1 Å². The Morgan fingerprint density at radius 3 is 0.962 bits per heavy atom. The molecule has 0 saturated carbocycles. The number of Topliss-reactive ketones (excluding diaryl/α,β-unsaturated/α-hetero) is 1. The number of hydrogen-bond acceptors (Lipinski definition) is 4. The fourth-order valence-corrected chi connectivity index (χ4v) is 2.67. The molecule has 0 bridgehead atoms. The van der Waals surface area contributed by atoms with E-state index in [1.54, 1.807) is 14.2 Å². The second kappa shape index (κ2) is 32.5. The number of ketones is 1. The molecule has 0 heterocycles. The van der Waals surface area contributed by atoms with E-state index in [4.69, 9.17) is 0 Å². The molecular formula is C43H89F3O4SSi. The molecule has 316 valence electrons. The van der Waals surface area contributed by atoms with Gasteiger partial charge in [-0.15, -0.1) is 0 Å². The maximum atomic E-state index is 11.6. The summed E-state index contributed by atoms with van der Waals surface area (Å²) in [4.78, 5) is 9.44. The first kappa shape index (κ1) is 71.4. The number of carbonyl (C=O) groups excluding carboxylic acids is 1. The van der Waals surface area contributed by atoms with Crippen molar-refractivity contribution in [3.63, 3.8) is 0 Å². The molecule has 2 aromatic rings. The van der Waals surface area contributed by atoms with Crippen LogP contribution in [-0.4, -0.2) is 55.2 Å². The van der Waals surface area contributed by atoms with E-state index >= 15 is 0 Å². The van der Waals surface area contributed by atoms with E-state index in [1.165, 1.54) is 42.5 Å². The average molecular weight is 787 g/mol. The lowest BCUT2D eigenvalue weighted by molar-refractivity contribution is -0.204. The minimum atomic E-state index is -4.06. The predicted molar refractivity (Wildman–Crippen MR) is 237 cm³/mol. The van der Waals surface area contributed by atoms with Crippen LogP contribution in [0.5, 0.6) is 0 Å². The molecule has 9 heteroatoms. The van der Waals surface area contributed by atoms with Gasteiger partial charge in [0.15, 0.2) is 0 Å². The third-order valence-electron chi connectivity index (χ3n) is 4.34. The largest absolute Gasteiger partial charge is 0.393 e. The summed E-state index contributed by atoms with van der Waals surface area (Å²) in [7, 11) is -0.0278. The molecule has 0 radical (unpaired) electrons. The number of hydrogen-bond donors (Lipinski definition) is 0. The zero-order valence-electron chi connectivity index (χ0n) is 34.5. The second-order valence-electron chi connectivity index (χ2n) is 16.6. The molecule has 4 nitrogen and oxygen atoms in total. The van der Waals surface area contributed by atoms with Gasteiger partial charge in [0.25, 0.3) is 0 Å². The van der Waals surface area contributed by atoms with Crippen LogP contribution in [0.2, 0.25) is 26.2 Å². The predicted octanol–water partition coefficient (Wildman–Crippen LogP) is 15.1. The fourth-order valence-electron chi connectivity index (χ4n) is 2.67. The lowest BCUT2D eigenvalue weighted by Gasteiger charge is -2.21. The van der Waals surface area contributed by atoms with E-state index in [0.29, 0.717) is 5.41 Å². The van der Waals surface area contributed by atoms with Crippen LogP contribution in [0.15, 0.2) is 48.5 Å². The summed E-state index contributed by atoms with van der Waals surface area (Å²) in [5, 5.41) is 0. The van der Waals surface area contributed by atoms with Crippen LogP contribution in [-0.2, 0) is 24.8 Å². The molecule has 0 spiro atoms. The average Bonchev–Trinajstić information content (AvgIpc) is 3.03. The molecule has 52 heavy (non-hydrogen) atoms. The van der Waals surface area contributed by atoms with E-state index in [-0.39, 0.29) is 40.9 Å². The Balaban J connectivity index is -0.0000000625. The van der Waals surface area contributed by atoms with Gasteiger partial charge in [0.1, 0.15) is 15.6 Å². The van der Waals surface area contributed by atoms with Crippen LogP contribution in [0.3, 0.4) is 0 Å². The minimum Gasteiger partial charge on any atom is -0.388 e. The summed E-state index contributed by atoms with van der Waals surface area (Å²) in [6, 6.07) is 17.4.